The fourth-order valence-electron chi connectivity index (χ4n) is 4.49. The summed E-state index contributed by atoms with van der Waals surface area (Å²) in [5.41, 5.74) is 1.43. The summed E-state index contributed by atoms with van der Waals surface area (Å²) in [6.07, 6.45) is 0. The van der Waals surface area contributed by atoms with Crippen molar-refractivity contribution in [1.82, 2.24) is 4.90 Å². The lowest BCUT2D eigenvalue weighted by Crippen LogP contribution is -2.48. The van der Waals surface area contributed by atoms with E-state index >= 15 is 0 Å². The highest BCUT2D eigenvalue weighted by atomic mass is 79.9. The molecular weight excluding hydrogens is 382 g/mol. The Hall–Kier alpha value is -1.85. The lowest BCUT2D eigenvalue weighted by Gasteiger charge is -2.42. The van der Waals surface area contributed by atoms with Crippen molar-refractivity contribution in [3.05, 3.63) is 64.1 Å². The molecule has 4 rings (SSSR count). The molecule has 0 saturated carbocycles. The number of fused-ring (bicyclic) bond motifs is 3. The molecule has 2 aromatic carbocycles. The molecule has 130 valence electrons. The van der Waals surface area contributed by atoms with Crippen molar-refractivity contribution in [2.45, 2.75) is 12.0 Å². The number of carbonyl (C=O) groups is 1. The van der Waals surface area contributed by atoms with Gasteiger partial charge in [0.05, 0.1) is 13.2 Å². The molecule has 2 aliphatic heterocycles. The number of esters is 1. The Kier molecular flexibility index (Phi) is 4.08. The SMILES string of the molecule is COC(=O)[C@]12COc3ccc(Br)cc3[C@H]1N(C)C[C@H]2c1ccccc1. The first-order chi connectivity index (χ1) is 12.1. The number of nitrogens with zero attached hydrogens (tertiary/aromatic N) is 1. The van der Waals surface area contributed by atoms with E-state index in [1.54, 1.807) is 0 Å². The molecular formula is C20H20BrNO3. The van der Waals surface area contributed by atoms with Gasteiger partial charge >= 0.3 is 5.97 Å². The largest absolute Gasteiger partial charge is 0.492 e. The van der Waals surface area contributed by atoms with Gasteiger partial charge in [0.1, 0.15) is 17.8 Å². The quantitative estimate of drug-likeness (QED) is 0.717. The lowest BCUT2D eigenvalue weighted by atomic mass is 9.68. The molecule has 0 aromatic heterocycles. The Morgan fingerprint density at radius 3 is 2.76 bits per heavy atom. The Bertz CT molecular complexity index is 810. The second-order valence-electron chi connectivity index (χ2n) is 6.81. The van der Waals surface area contributed by atoms with Gasteiger partial charge in [-0.3, -0.25) is 9.69 Å². The highest BCUT2D eigenvalue weighted by Gasteiger charge is 2.62. The number of benzene rings is 2. The van der Waals surface area contributed by atoms with E-state index in [-0.39, 0.29) is 17.9 Å². The summed E-state index contributed by atoms with van der Waals surface area (Å²) in [5, 5.41) is 0. The van der Waals surface area contributed by atoms with E-state index in [9.17, 15) is 4.79 Å². The zero-order chi connectivity index (χ0) is 17.6. The average molecular weight is 402 g/mol. The van der Waals surface area contributed by atoms with Gasteiger partial charge in [0.25, 0.3) is 0 Å². The van der Waals surface area contributed by atoms with Gasteiger partial charge in [0.15, 0.2) is 0 Å². The standard InChI is InChI=1S/C20H20BrNO3/c1-22-11-16(13-6-4-3-5-7-13)20(19(23)24-2)12-25-17-9-8-14(21)10-15(17)18(20)22/h3-10,16,18H,11-12H2,1-2H3/t16-,18+,20-/m0/s1. The van der Waals surface area contributed by atoms with Crippen molar-refractivity contribution in [3.8, 4) is 5.75 Å². The fraction of sp³-hybridized carbons (Fsp3) is 0.350. The minimum Gasteiger partial charge on any atom is -0.492 e. The number of likely N-dealkylation sites (N-methyl/N-ethyl adjacent to an activating group) is 1. The number of halogens is 1. The van der Waals surface area contributed by atoms with Crippen LogP contribution in [0.15, 0.2) is 53.0 Å². The van der Waals surface area contributed by atoms with E-state index in [1.165, 1.54) is 7.11 Å². The molecule has 0 amide bonds. The first kappa shape index (κ1) is 16.6. The summed E-state index contributed by atoms with van der Waals surface area (Å²) in [7, 11) is 3.53. The topological polar surface area (TPSA) is 38.8 Å². The molecule has 1 saturated heterocycles. The van der Waals surface area contributed by atoms with Gasteiger partial charge in [0, 0.05) is 22.5 Å². The third-order valence-electron chi connectivity index (χ3n) is 5.52. The van der Waals surface area contributed by atoms with Crippen LogP contribution in [0.25, 0.3) is 0 Å². The summed E-state index contributed by atoms with van der Waals surface area (Å²) in [4.78, 5) is 15.3. The van der Waals surface area contributed by atoms with Crippen LogP contribution < -0.4 is 4.74 Å². The summed E-state index contributed by atoms with van der Waals surface area (Å²) in [6, 6.07) is 16.1. The molecule has 0 aliphatic carbocycles. The fourth-order valence-corrected chi connectivity index (χ4v) is 4.87. The van der Waals surface area contributed by atoms with E-state index in [4.69, 9.17) is 9.47 Å². The first-order valence-corrected chi connectivity index (χ1v) is 9.13. The highest BCUT2D eigenvalue weighted by Crippen LogP contribution is 2.59. The Labute approximate surface area is 155 Å². The van der Waals surface area contributed by atoms with Gasteiger partial charge < -0.3 is 9.47 Å². The van der Waals surface area contributed by atoms with E-state index < -0.39 is 5.41 Å². The zero-order valence-electron chi connectivity index (χ0n) is 14.2. The lowest BCUT2D eigenvalue weighted by molar-refractivity contribution is -0.159. The van der Waals surface area contributed by atoms with E-state index in [0.717, 1.165) is 27.9 Å². The van der Waals surface area contributed by atoms with E-state index in [1.807, 2.05) is 30.3 Å². The monoisotopic (exact) mass is 401 g/mol. The molecule has 0 radical (unpaired) electrons. The molecule has 0 bridgehead atoms. The Balaban J connectivity index is 1.91. The Morgan fingerprint density at radius 2 is 2.04 bits per heavy atom. The number of rotatable bonds is 2. The van der Waals surface area contributed by atoms with Crippen LogP contribution in [-0.4, -0.2) is 38.2 Å². The van der Waals surface area contributed by atoms with Crippen molar-refractivity contribution in [3.63, 3.8) is 0 Å². The van der Waals surface area contributed by atoms with Gasteiger partial charge in [-0.15, -0.1) is 0 Å². The number of methoxy groups -OCH3 is 1. The predicted octanol–water partition coefficient (Wildman–Crippen LogP) is 3.77. The van der Waals surface area contributed by atoms with Crippen LogP contribution in [0.2, 0.25) is 0 Å². The first-order valence-electron chi connectivity index (χ1n) is 8.34. The maximum atomic E-state index is 13.1. The van der Waals surface area contributed by atoms with Crippen LogP contribution in [0.4, 0.5) is 0 Å². The smallest absolute Gasteiger partial charge is 0.317 e. The predicted molar refractivity (Wildman–Crippen MR) is 98.6 cm³/mol. The molecule has 5 heteroatoms. The third-order valence-corrected chi connectivity index (χ3v) is 6.01. The van der Waals surface area contributed by atoms with Gasteiger partial charge in [-0.1, -0.05) is 46.3 Å². The summed E-state index contributed by atoms with van der Waals surface area (Å²) >= 11 is 3.55. The molecule has 2 aromatic rings. The van der Waals surface area contributed by atoms with Gasteiger partial charge in [0.2, 0.25) is 0 Å². The normalized spacial score (nSPS) is 28.0. The zero-order valence-corrected chi connectivity index (χ0v) is 15.8. The minimum absolute atomic E-state index is 0.0169. The molecule has 0 unspecified atom stereocenters. The molecule has 4 nitrogen and oxygen atoms in total. The number of hydrogen-bond donors (Lipinski definition) is 0. The number of hydrogen-bond acceptors (Lipinski definition) is 4. The van der Waals surface area contributed by atoms with Crippen LogP contribution in [0, 0.1) is 5.41 Å². The van der Waals surface area contributed by atoms with Crippen LogP contribution >= 0.6 is 15.9 Å². The molecule has 1 fully saturated rings. The summed E-state index contributed by atoms with van der Waals surface area (Å²) in [5.74, 6) is 0.651. The van der Waals surface area contributed by atoms with Crippen LogP contribution in [-0.2, 0) is 9.53 Å². The Morgan fingerprint density at radius 1 is 1.28 bits per heavy atom. The summed E-state index contributed by atoms with van der Waals surface area (Å²) in [6.45, 7) is 1.10. The second kappa shape index (κ2) is 6.15. The highest BCUT2D eigenvalue weighted by molar-refractivity contribution is 9.10. The van der Waals surface area contributed by atoms with Crippen molar-refractivity contribution < 1.29 is 14.3 Å². The van der Waals surface area contributed by atoms with Crippen LogP contribution in [0.1, 0.15) is 23.1 Å². The van der Waals surface area contributed by atoms with Gasteiger partial charge in [-0.2, -0.15) is 0 Å². The molecule has 2 heterocycles. The van der Waals surface area contributed by atoms with Gasteiger partial charge in [-0.25, -0.2) is 0 Å². The van der Waals surface area contributed by atoms with Crippen molar-refractivity contribution in [1.29, 1.82) is 0 Å². The average Bonchev–Trinajstić information content (AvgIpc) is 2.96. The molecule has 3 atom stereocenters. The summed E-state index contributed by atoms with van der Waals surface area (Å²) < 4.78 is 12.3. The van der Waals surface area contributed by atoms with E-state index in [0.29, 0.717) is 6.61 Å². The maximum absolute atomic E-state index is 13.1. The van der Waals surface area contributed by atoms with Crippen molar-refractivity contribution >= 4 is 21.9 Å². The second-order valence-corrected chi connectivity index (χ2v) is 7.72. The molecule has 0 spiro atoms. The number of carbonyl (C=O) groups excluding carboxylic acids is 1. The van der Waals surface area contributed by atoms with Crippen LogP contribution in [0.3, 0.4) is 0 Å². The van der Waals surface area contributed by atoms with Crippen molar-refractivity contribution in [2.75, 3.05) is 27.3 Å². The van der Waals surface area contributed by atoms with Crippen molar-refractivity contribution in [2.24, 2.45) is 5.41 Å². The number of ether oxygens (including phenoxy) is 2. The minimum atomic E-state index is -0.751. The number of likely N-dealkylation sites (tertiary alicyclic amines) is 1. The van der Waals surface area contributed by atoms with Gasteiger partial charge in [-0.05, 0) is 30.8 Å². The maximum Gasteiger partial charge on any atom is 0.317 e. The third kappa shape index (κ3) is 2.41. The van der Waals surface area contributed by atoms with E-state index in [2.05, 4.69) is 46.1 Å². The van der Waals surface area contributed by atoms with Crippen LogP contribution in [0.5, 0.6) is 5.75 Å². The molecule has 25 heavy (non-hydrogen) atoms. The molecule has 0 N–H and O–H groups in total. The molecule has 2 aliphatic rings.